The van der Waals surface area contributed by atoms with Crippen LogP contribution < -0.4 is 10.6 Å². The largest absolute Gasteiger partial charge is 0.393 e. The Morgan fingerprint density at radius 2 is 2.33 bits per heavy atom. The molecule has 1 aromatic heterocycles. The molecular formula is C10H16N4S. The summed E-state index contributed by atoms with van der Waals surface area (Å²) in [5.41, 5.74) is 6.60. The first-order valence-corrected chi connectivity index (χ1v) is 5.22. The molecule has 0 saturated heterocycles. The highest BCUT2D eigenvalue weighted by Crippen LogP contribution is 2.13. The zero-order valence-electron chi connectivity index (χ0n) is 9.27. The number of nitrogens with two attached hydrogens (primary N) is 1. The van der Waals surface area contributed by atoms with Crippen LogP contribution in [0.15, 0.2) is 12.3 Å². The lowest BCUT2D eigenvalue weighted by molar-refractivity contribution is 0.698. The van der Waals surface area contributed by atoms with Crippen molar-refractivity contribution in [3.05, 3.63) is 17.8 Å². The van der Waals surface area contributed by atoms with E-state index in [2.05, 4.69) is 17.1 Å². The molecule has 2 N–H and O–H groups in total. The van der Waals surface area contributed by atoms with E-state index in [9.17, 15) is 0 Å². The summed E-state index contributed by atoms with van der Waals surface area (Å²) in [6, 6.07) is 2.22. The van der Waals surface area contributed by atoms with Gasteiger partial charge in [-0.05, 0) is 25.5 Å². The molecule has 0 bridgehead atoms. The molecule has 4 nitrogen and oxygen atoms in total. The van der Waals surface area contributed by atoms with Crippen LogP contribution in [-0.4, -0.2) is 28.3 Å². The van der Waals surface area contributed by atoms with Gasteiger partial charge in [0.15, 0.2) is 5.82 Å². The molecule has 0 amide bonds. The van der Waals surface area contributed by atoms with Gasteiger partial charge in [0, 0.05) is 19.5 Å². The SMILES string of the molecule is Cc1cnnc(N(C)C(C)CC(N)=S)c1. The average Bonchev–Trinajstić information content (AvgIpc) is 2.15. The van der Waals surface area contributed by atoms with E-state index in [1.165, 1.54) is 0 Å². The molecule has 1 unspecified atom stereocenters. The number of aromatic nitrogens is 2. The Balaban J connectivity index is 2.75. The highest BCUT2D eigenvalue weighted by atomic mass is 32.1. The average molecular weight is 224 g/mol. The Morgan fingerprint density at radius 3 is 2.87 bits per heavy atom. The van der Waals surface area contributed by atoms with Crippen molar-refractivity contribution in [3.8, 4) is 0 Å². The molecule has 0 aliphatic rings. The summed E-state index contributed by atoms with van der Waals surface area (Å²) in [7, 11) is 1.96. The van der Waals surface area contributed by atoms with Crippen molar-refractivity contribution >= 4 is 23.0 Å². The Labute approximate surface area is 95.5 Å². The lowest BCUT2D eigenvalue weighted by Gasteiger charge is -2.25. The number of hydrogen-bond donors (Lipinski definition) is 1. The minimum atomic E-state index is 0.235. The lowest BCUT2D eigenvalue weighted by atomic mass is 10.2. The summed E-state index contributed by atoms with van der Waals surface area (Å²) >= 11 is 4.88. The molecule has 1 heterocycles. The van der Waals surface area contributed by atoms with E-state index in [1.54, 1.807) is 6.20 Å². The van der Waals surface area contributed by atoms with Crippen LogP contribution in [0.5, 0.6) is 0 Å². The van der Waals surface area contributed by atoms with Gasteiger partial charge < -0.3 is 10.6 Å². The first-order chi connectivity index (χ1) is 7.00. The van der Waals surface area contributed by atoms with Gasteiger partial charge in [-0.25, -0.2) is 0 Å². The van der Waals surface area contributed by atoms with E-state index < -0.39 is 0 Å². The number of aryl methyl sites for hydroxylation is 1. The molecule has 0 aliphatic carbocycles. The predicted octanol–water partition coefficient (Wildman–Crippen LogP) is 1.29. The molecule has 0 aromatic carbocycles. The van der Waals surface area contributed by atoms with Crippen LogP contribution in [0.2, 0.25) is 0 Å². The smallest absolute Gasteiger partial charge is 0.151 e. The first kappa shape index (κ1) is 11.8. The van der Waals surface area contributed by atoms with Gasteiger partial charge in [-0.1, -0.05) is 12.2 Å². The van der Waals surface area contributed by atoms with Gasteiger partial charge in [0.1, 0.15) is 0 Å². The summed E-state index contributed by atoms with van der Waals surface area (Å²) in [6.07, 6.45) is 2.41. The maximum Gasteiger partial charge on any atom is 0.151 e. The van der Waals surface area contributed by atoms with Crippen LogP contribution in [0.3, 0.4) is 0 Å². The Hall–Kier alpha value is -1.23. The number of thiocarbonyl (C=S) groups is 1. The highest BCUT2D eigenvalue weighted by Gasteiger charge is 2.12. The van der Waals surface area contributed by atoms with Gasteiger partial charge in [0.05, 0.1) is 11.2 Å². The molecular weight excluding hydrogens is 208 g/mol. The Kier molecular flexibility index (Phi) is 3.96. The monoisotopic (exact) mass is 224 g/mol. The maximum absolute atomic E-state index is 5.51. The van der Waals surface area contributed by atoms with Crippen LogP contribution in [0.25, 0.3) is 0 Å². The zero-order valence-corrected chi connectivity index (χ0v) is 10.1. The topological polar surface area (TPSA) is 55.0 Å². The number of hydrogen-bond acceptors (Lipinski definition) is 4. The summed E-state index contributed by atoms with van der Waals surface area (Å²) in [5, 5.41) is 7.97. The van der Waals surface area contributed by atoms with Gasteiger partial charge in [-0.15, -0.1) is 5.10 Å². The van der Waals surface area contributed by atoms with E-state index >= 15 is 0 Å². The summed E-state index contributed by atoms with van der Waals surface area (Å²) < 4.78 is 0. The highest BCUT2D eigenvalue weighted by molar-refractivity contribution is 7.80. The molecule has 0 radical (unpaired) electrons. The van der Waals surface area contributed by atoms with Crippen molar-refractivity contribution in [2.75, 3.05) is 11.9 Å². The molecule has 0 fully saturated rings. The van der Waals surface area contributed by atoms with Crippen LogP contribution in [0, 0.1) is 6.92 Å². The summed E-state index contributed by atoms with van der Waals surface area (Å²) in [4.78, 5) is 2.55. The number of nitrogens with zero attached hydrogens (tertiary/aromatic N) is 3. The minimum absolute atomic E-state index is 0.235. The van der Waals surface area contributed by atoms with Gasteiger partial charge in [0.25, 0.3) is 0 Å². The van der Waals surface area contributed by atoms with E-state index in [-0.39, 0.29) is 6.04 Å². The standard InChI is InChI=1S/C10H16N4S/c1-7-4-10(13-12-6-7)14(3)8(2)5-9(11)15/h4,6,8H,5H2,1-3H3,(H2,11,15). The zero-order chi connectivity index (χ0) is 11.4. The van der Waals surface area contributed by atoms with E-state index in [1.807, 2.05) is 24.9 Å². The molecule has 1 aromatic rings. The van der Waals surface area contributed by atoms with E-state index in [0.29, 0.717) is 11.4 Å². The molecule has 0 spiro atoms. The van der Waals surface area contributed by atoms with Gasteiger partial charge in [-0.3, -0.25) is 0 Å². The van der Waals surface area contributed by atoms with Crippen LogP contribution in [-0.2, 0) is 0 Å². The molecule has 5 heteroatoms. The van der Waals surface area contributed by atoms with Crippen molar-refractivity contribution < 1.29 is 0 Å². The van der Waals surface area contributed by atoms with Crippen molar-refractivity contribution in [3.63, 3.8) is 0 Å². The Morgan fingerprint density at radius 1 is 1.67 bits per heavy atom. The summed E-state index contributed by atoms with van der Waals surface area (Å²) in [6.45, 7) is 4.05. The van der Waals surface area contributed by atoms with E-state index in [0.717, 1.165) is 11.4 Å². The molecule has 15 heavy (non-hydrogen) atoms. The normalized spacial score (nSPS) is 12.2. The Bertz CT molecular complexity index is 353. The van der Waals surface area contributed by atoms with Crippen molar-refractivity contribution in [1.29, 1.82) is 0 Å². The van der Waals surface area contributed by atoms with Gasteiger partial charge >= 0.3 is 0 Å². The third-order valence-electron chi connectivity index (χ3n) is 2.30. The second-order valence-corrected chi connectivity index (χ2v) is 4.25. The molecule has 0 saturated carbocycles. The summed E-state index contributed by atoms with van der Waals surface area (Å²) in [5.74, 6) is 0.846. The fraction of sp³-hybridized carbons (Fsp3) is 0.500. The quantitative estimate of drug-likeness (QED) is 0.781. The van der Waals surface area contributed by atoms with Crippen molar-refractivity contribution in [1.82, 2.24) is 10.2 Å². The number of rotatable bonds is 4. The second kappa shape index (κ2) is 5.02. The van der Waals surface area contributed by atoms with Crippen LogP contribution in [0.1, 0.15) is 18.9 Å². The molecule has 1 rings (SSSR count). The van der Waals surface area contributed by atoms with Crippen molar-refractivity contribution in [2.45, 2.75) is 26.3 Å². The van der Waals surface area contributed by atoms with Crippen molar-refractivity contribution in [2.24, 2.45) is 5.73 Å². The second-order valence-electron chi connectivity index (χ2n) is 3.72. The first-order valence-electron chi connectivity index (χ1n) is 4.81. The van der Waals surface area contributed by atoms with Crippen LogP contribution in [0.4, 0.5) is 5.82 Å². The van der Waals surface area contributed by atoms with Crippen LogP contribution >= 0.6 is 12.2 Å². The maximum atomic E-state index is 5.51. The molecule has 82 valence electrons. The molecule has 0 aliphatic heterocycles. The third kappa shape index (κ3) is 3.43. The number of anilines is 1. The minimum Gasteiger partial charge on any atom is -0.393 e. The van der Waals surface area contributed by atoms with Gasteiger partial charge in [0.2, 0.25) is 0 Å². The predicted molar refractivity (Wildman–Crippen MR) is 66.0 cm³/mol. The fourth-order valence-corrected chi connectivity index (χ4v) is 1.52. The third-order valence-corrected chi connectivity index (χ3v) is 2.46. The van der Waals surface area contributed by atoms with E-state index in [4.69, 9.17) is 18.0 Å². The molecule has 1 atom stereocenters. The fourth-order valence-electron chi connectivity index (χ4n) is 1.28. The lowest BCUT2D eigenvalue weighted by Crippen LogP contribution is -2.33. The van der Waals surface area contributed by atoms with Gasteiger partial charge in [-0.2, -0.15) is 5.10 Å².